The van der Waals surface area contributed by atoms with Gasteiger partial charge in [0.05, 0.1) is 5.56 Å². The van der Waals surface area contributed by atoms with Gasteiger partial charge in [-0.25, -0.2) is 4.79 Å². The Morgan fingerprint density at radius 1 is 1.07 bits per heavy atom. The summed E-state index contributed by atoms with van der Waals surface area (Å²) in [5, 5.41) is 13.6. The molecule has 0 aliphatic heterocycles. The van der Waals surface area contributed by atoms with E-state index in [2.05, 4.69) is 21.2 Å². The van der Waals surface area contributed by atoms with Gasteiger partial charge in [0.15, 0.2) is 0 Å². The first-order valence-electron chi connectivity index (χ1n) is 8.73. The van der Waals surface area contributed by atoms with Gasteiger partial charge in [0.25, 0.3) is 5.91 Å². The molecule has 2 N–H and O–H groups in total. The number of rotatable bonds is 6. The summed E-state index contributed by atoms with van der Waals surface area (Å²) in [6.07, 6.45) is 0. The Morgan fingerprint density at radius 3 is 2.54 bits per heavy atom. The van der Waals surface area contributed by atoms with Crippen LogP contribution in [0.25, 0.3) is 10.8 Å². The number of carbonyl (C=O) groups is 2. The summed E-state index contributed by atoms with van der Waals surface area (Å²) in [6.45, 7) is 3.16. The van der Waals surface area contributed by atoms with Crippen molar-refractivity contribution in [1.29, 1.82) is 0 Å². The largest absolute Gasteiger partial charge is 0.487 e. The average Bonchev–Trinajstić information content (AvgIpc) is 2.65. The van der Waals surface area contributed by atoms with Crippen molar-refractivity contribution in [2.24, 2.45) is 0 Å². The second-order valence-electron chi connectivity index (χ2n) is 6.97. The number of aliphatic carboxylic acids is 1. The van der Waals surface area contributed by atoms with Crippen LogP contribution < -0.4 is 10.1 Å². The van der Waals surface area contributed by atoms with E-state index < -0.39 is 17.4 Å². The van der Waals surface area contributed by atoms with Gasteiger partial charge in [-0.2, -0.15) is 0 Å². The first-order valence-corrected chi connectivity index (χ1v) is 9.52. The Hall–Kier alpha value is -2.86. The van der Waals surface area contributed by atoms with Crippen LogP contribution in [0, 0.1) is 0 Å². The van der Waals surface area contributed by atoms with E-state index >= 15 is 0 Å². The summed E-state index contributed by atoms with van der Waals surface area (Å²) in [4.78, 5) is 24.2. The quantitative estimate of drug-likeness (QED) is 0.577. The number of carbonyl (C=O) groups excluding carboxylic acids is 1. The van der Waals surface area contributed by atoms with Crippen LogP contribution in [0.1, 0.15) is 29.8 Å². The number of nitrogens with one attached hydrogen (secondary N) is 1. The number of hydrogen-bond acceptors (Lipinski definition) is 3. The minimum absolute atomic E-state index is 0.274. The summed E-state index contributed by atoms with van der Waals surface area (Å²) < 4.78 is 7.00. The highest BCUT2D eigenvalue weighted by atomic mass is 79.9. The first-order chi connectivity index (χ1) is 13.3. The number of hydrogen-bond donors (Lipinski definition) is 2. The highest BCUT2D eigenvalue weighted by Crippen LogP contribution is 2.31. The molecule has 5 nitrogen and oxygen atoms in total. The van der Waals surface area contributed by atoms with Gasteiger partial charge in [-0.1, -0.05) is 58.4 Å². The lowest BCUT2D eigenvalue weighted by atomic mass is 10.0. The molecular weight excluding hydrogens is 422 g/mol. The number of ether oxygens (including phenoxy) is 1. The Bertz CT molecular complexity index is 1050. The predicted octanol–water partition coefficient (Wildman–Crippen LogP) is 4.77. The third-order valence-electron chi connectivity index (χ3n) is 4.36. The van der Waals surface area contributed by atoms with Crippen molar-refractivity contribution in [3.05, 3.63) is 76.3 Å². The van der Waals surface area contributed by atoms with Crippen molar-refractivity contribution in [1.82, 2.24) is 5.32 Å². The van der Waals surface area contributed by atoms with Crippen LogP contribution in [-0.2, 0) is 11.4 Å². The molecule has 0 aliphatic rings. The van der Waals surface area contributed by atoms with Gasteiger partial charge in [-0.3, -0.25) is 4.79 Å². The lowest BCUT2D eigenvalue weighted by molar-refractivity contribution is -0.143. The van der Waals surface area contributed by atoms with Crippen molar-refractivity contribution < 1.29 is 19.4 Å². The number of amides is 1. The van der Waals surface area contributed by atoms with Crippen LogP contribution in [0.3, 0.4) is 0 Å². The average molecular weight is 442 g/mol. The zero-order chi connectivity index (χ0) is 20.3. The molecule has 0 aromatic heterocycles. The Labute approximate surface area is 171 Å². The van der Waals surface area contributed by atoms with Gasteiger partial charge in [-0.15, -0.1) is 0 Å². The standard InChI is InChI=1S/C22H20BrNO4/c1-22(2,21(26)27)24-20(25)18-11-10-15-7-3-4-9-17(15)19(18)28-13-14-6-5-8-16(23)12-14/h3-12H,13H2,1-2H3,(H,24,25)(H,26,27). The fraction of sp³-hybridized carbons (Fsp3) is 0.182. The van der Waals surface area contributed by atoms with E-state index in [4.69, 9.17) is 4.74 Å². The molecule has 0 aliphatic carbocycles. The molecule has 144 valence electrons. The van der Waals surface area contributed by atoms with Gasteiger partial charge >= 0.3 is 5.97 Å². The van der Waals surface area contributed by atoms with Crippen LogP contribution in [0.4, 0.5) is 0 Å². The lowest BCUT2D eigenvalue weighted by Gasteiger charge is -2.22. The number of fused-ring (bicyclic) bond motifs is 1. The predicted molar refractivity (Wildman–Crippen MR) is 112 cm³/mol. The molecular formula is C22H20BrNO4. The van der Waals surface area contributed by atoms with Crippen molar-refractivity contribution in [2.45, 2.75) is 26.0 Å². The van der Waals surface area contributed by atoms with Crippen LogP contribution in [-0.4, -0.2) is 22.5 Å². The highest BCUT2D eigenvalue weighted by Gasteiger charge is 2.30. The third kappa shape index (κ3) is 4.34. The summed E-state index contributed by atoms with van der Waals surface area (Å²) in [5.41, 5.74) is -0.160. The number of halogens is 1. The smallest absolute Gasteiger partial charge is 0.328 e. The molecule has 3 rings (SSSR count). The van der Waals surface area contributed by atoms with Crippen molar-refractivity contribution in [3.63, 3.8) is 0 Å². The molecule has 0 saturated heterocycles. The van der Waals surface area contributed by atoms with E-state index in [0.29, 0.717) is 11.3 Å². The van der Waals surface area contributed by atoms with Crippen molar-refractivity contribution >= 4 is 38.6 Å². The van der Waals surface area contributed by atoms with Gasteiger partial charge in [0.1, 0.15) is 17.9 Å². The van der Waals surface area contributed by atoms with Crippen LogP contribution in [0.2, 0.25) is 0 Å². The molecule has 0 heterocycles. The monoisotopic (exact) mass is 441 g/mol. The topological polar surface area (TPSA) is 75.6 Å². The molecule has 6 heteroatoms. The molecule has 0 saturated carbocycles. The SMILES string of the molecule is CC(C)(NC(=O)c1ccc2ccccc2c1OCc1cccc(Br)c1)C(=O)O. The molecule has 0 bridgehead atoms. The van der Waals surface area contributed by atoms with Gasteiger partial charge in [0, 0.05) is 9.86 Å². The second-order valence-corrected chi connectivity index (χ2v) is 7.88. The molecule has 0 atom stereocenters. The zero-order valence-electron chi connectivity index (χ0n) is 15.5. The van der Waals surface area contributed by atoms with E-state index in [-0.39, 0.29) is 6.61 Å². The molecule has 3 aromatic rings. The lowest BCUT2D eigenvalue weighted by Crippen LogP contribution is -2.49. The van der Waals surface area contributed by atoms with E-state index in [9.17, 15) is 14.7 Å². The van der Waals surface area contributed by atoms with Crippen LogP contribution in [0.5, 0.6) is 5.75 Å². The third-order valence-corrected chi connectivity index (χ3v) is 4.85. The molecule has 0 unspecified atom stereocenters. The summed E-state index contributed by atoms with van der Waals surface area (Å²) >= 11 is 3.44. The summed E-state index contributed by atoms with van der Waals surface area (Å²) in [7, 11) is 0. The molecule has 0 radical (unpaired) electrons. The van der Waals surface area contributed by atoms with E-state index in [1.807, 2.05) is 54.6 Å². The maximum Gasteiger partial charge on any atom is 0.328 e. The van der Waals surface area contributed by atoms with Crippen molar-refractivity contribution in [3.8, 4) is 5.75 Å². The van der Waals surface area contributed by atoms with Gasteiger partial charge < -0.3 is 15.2 Å². The van der Waals surface area contributed by atoms with E-state index in [1.54, 1.807) is 6.07 Å². The zero-order valence-corrected chi connectivity index (χ0v) is 17.1. The Morgan fingerprint density at radius 2 is 1.82 bits per heavy atom. The molecule has 0 spiro atoms. The van der Waals surface area contributed by atoms with Crippen LogP contribution in [0.15, 0.2) is 65.1 Å². The molecule has 0 fully saturated rings. The number of benzene rings is 3. The molecule has 3 aromatic carbocycles. The highest BCUT2D eigenvalue weighted by molar-refractivity contribution is 9.10. The van der Waals surface area contributed by atoms with Crippen LogP contribution >= 0.6 is 15.9 Å². The van der Waals surface area contributed by atoms with Gasteiger partial charge in [-0.05, 0) is 43.0 Å². The minimum atomic E-state index is -1.40. The minimum Gasteiger partial charge on any atom is -0.487 e. The van der Waals surface area contributed by atoms with E-state index in [1.165, 1.54) is 13.8 Å². The second kappa shape index (κ2) is 8.02. The van der Waals surface area contributed by atoms with Gasteiger partial charge in [0.2, 0.25) is 0 Å². The maximum atomic E-state index is 12.8. The van der Waals surface area contributed by atoms with E-state index in [0.717, 1.165) is 20.8 Å². The fourth-order valence-electron chi connectivity index (χ4n) is 2.76. The molecule has 28 heavy (non-hydrogen) atoms. The Kier molecular flexibility index (Phi) is 5.70. The van der Waals surface area contributed by atoms with Crippen molar-refractivity contribution in [2.75, 3.05) is 0 Å². The number of carboxylic acids is 1. The Balaban J connectivity index is 1.99. The maximum absolute atomic E-state index is 12.8. The fourth-order valence-corrected chi connectivity index (χ4v) is 3.21. The molecule has 1 amide bonds. The first kappa shape index (κ1) is 19.9. The summed E-state index contributed by atoms with van der Waals surface area (Å²) in [5.74, 6) is -1.18. The number of carboxylic acid groups (broad SMARTS) is 1. The summed E-state index contributed by atoms with van der Waals surface area (Å²) in [6, 6.07) is 18.8. The normalized spacial score (nSPS) is 11.2.